The third kappa shape index (κ3) is 5.52. The number of hydrogen-bond acceptors (Lipinski definition) is 3. The minimum Gasteiger partial charge on any atom is -0.392 e. The van der Waals surface area contributed by atoms with Crippen molar-refractivity contribution in [2.75, 3.05) is 19.6 Å². The Hall–Kier alpha value is -0.120. The van der Waals surface area contributed by atoms with E-state index < -0.39 is 0 Å². The number of aliphatic hydroxyl groups is 2. The molecule has 0 heterocycles. The van der Waals surface area contributed by atoms with Gasteiger partial charge >= 0.3 is 0 Å². The van der Waals surface area contributed by atoms with E-state index in [9.17, 15) is 5.11 Å². The Kier molecular flexibility index (Phi) is 6.34. The van der Waals surface area contributed by atoms with Crippen molar-refractivity contribution in [3.8, 4) is 0 Å². The average molecular weight is 175 g/mol. The van der Waals surface area contributed by atoms with Crippen LogP contribution in [0, 0.1) is 0 Å². The van der Waals surface area contributed by atoms with E-state index in [4.69, 9.17) is 5.11 Å². The maximum atomic E-state index is 9.35. The summed E-state index contributed by atoms with van der Waals surface area (Å²) in [6.07, 6.45) is 0.203. The van der Waals surface area contributed by atoms with Crippen LogP contribution in [0.25, 0.3) is 0 Å². The Morgan fingerprint density at radius 1 is 1.17 bits per heavy atom. The molecule has 0 bridgehead atoms. The fourth-order valence-electron chi connectivity index (χ4n) is 1.13. The van der Waals surface area contributed by atoms with Crippen LogP contribution in [0.1, 0.15) is 27.2 Å². The van der Waals surface area contributed by atoms with Crippen molar-refractivity contribution in [2.45, 2.75) is 39.4 Å². The second-order valence-electron chi connectivity index (χ2n) is 3.26. The van der Waals surface area contributed by atoms with Crippen molar-refractivity contribution in [2.24, 2.45) is 0 Å². The van der Waals surface area contributed by atoms with E-state index in [0.29, 0.717) is 13.1 Å². The molecule has 74 valence electrons. The van der Waals surface area contributed by atoms with Gasteiger partial charge in [0.15, 0.2) is 0 Å². The van der Waals surface area contributed by atoms with Gasteiger partial charge in [0.25, 0.3) is 0 Å². The summed E-state index contributed by atoms with van der Waals surface area (Å²) in [4.78, 5) is 2.05. The molecule has 0 aliphatic heterocycles. The zero-order valence-corrected chi connectivity index (χ0v) is 8.32. The van der Waals surface area contributed by atoms with Crippen LogP contribution < -0.4 is 0 Å². The van der Waals surface area contributed by atoms with Crippen molar-refractivity contribution >= 4 is 0 Å². The molecule has 0 fully saturated rings. The summed E-state index contributed by atoms with van der Waals surface area (Å²) in [6, 6.07) is 0. The van der Waals surface area contributed by atoms with Crippen molar-refractivity contribution < 1.29 is 10.2 Å². The average Bonchev–Trinajstić information content (AvgIpc) is 2.02. The maximum absolute atomic E-state index is 9.35. The lowest BCUT2D eigenvalue weighted by Gasteiger charge is -2.24. The van der Waals surface area contributed by atoms with Crippen LogP contribution in [0.15, 0.2) is 0 Å². The van der Waals surface area contributed by atoms with Gasteiger partial charge in [0.2, 0.25) is 0 Å². The summed E-state index contributed by atoms with van der Waals surface area (Å²) in [5.74, 6) is 0. The molecular weight excluding hydrogens is 154 g/mol. The molecule has 2 unspecified atom stereocenters. The highest BCUT2D eigenvalue weighted by Gasteiger charge is 2.09. The highest BCUT2D eigenvalue weighted by atomic mass is 16.3. The topological polar surface area (TPSA) is 43.7 Å². The van der Waals surface area contributed by atoms with Crippen molar-refractivity contribution in [1.29, 1.82) is 0 Å². The molecular formula is C9H21NO2. The van der Waals surface area contributed by atoms with E-state index in [0.717, 1.165) is 13.0 Å². The molecule has 12 heavy (non-hydrogen) atoms. The second kappa shape index (κ2) is 6.40. The van der Waals surface area contributed by atoms with Gasteiger partial charge < -0.3 is 10.2 Å². The van der Waals surface area contributed by atoms with Crippen LogP contribution >= 0.6 is 0 Å². The predicted octanol–water partition coefficient (Wildman–Crippen LogP) is 0.460. The number of hydrogen-bond donors (Lipinski definition) is 2. The summed E-state index contributed by atoms with van der Waals surface area (Å²) in [6.45, 7) is 7.94. The fourth-order valence-corrected chi connectivity index (χ4v) is 1.13. The lowest BCUT2D eigenvalue weighted by atomic mass is 10.2. The van der Waals surface area contributed by atoms with Gasteiger partial charge in [0, 0.05) is 13.1 Å². The predicted molar refractivity (Wildman–Crippen MR) is 50.1 cm³/mol. The largest absolute Gasteiger partial charge is 0.392 e. The number of nitrogens with zero attached hydrogens (tertiary/aromatic N) is 1. The third-order valence-electron chi connectivity index (χ3n) is 1.91. The van der Waals surface area contributed by atoms with E-state index in [1.807, 2.05) is 13.8 Å². The Balaban J connectivity index is 3.66. The molecule has 3 nitrogen and oxygen atoms in total. The van der Waals surface area contributed by atoms with Crippen LogP contribution in [0.3, 0.4) is 0 Å². The molecule has 0 aromatic heterocycles. The van der Waals surface area contributed by atoms with Crippen LogP contribution in [0.4, 0.5) is 0 Å². The number of rotatable bonds is 6. The van der Waals surface area contributed by atoms with Crippen LogP contribution in [-0.2, 0) is 0 Å². The fraction of sp³-hybridized carbons (Fsp3) is 1.00. The Morgan fingerprint density at radius 3 is 2.08 bits per heavy atom. The molecule has 0 radical (unpaired) electrons. The van der Waals surface area contributed by atoms with Crippen LogP contribution in [0.5, 0.6) is 0 Å². The molecule has 0 saturated heterocycles. The first-order valence-electron chi connectivity index (χ1n) is 4.68. The second-order valence-corrected chi connectivity index (χ2v) is 3.26. The van der Waals surface area contributed by atoms with Gasteiger partial charge in [0.1, 0.15) is 0 Å². The lowest BCUT2D eigenvalue weighted by molar-refractivity contribution is 0.0774. The van der Waals surface area contributed by atoms with Gasteiger partial charge in [-0.05, 0) is 19.9 Å². The smallest absolute Gasteiger partial charge is 0.0664 e. The molecule has 0 aromatic carbocycles. The van der Waals surface area contributed by atoms with Gasteiger partial charge in [0.05, 0.1) is 12.2 Å². The van der Waals surface area contributed by atoms with E-state index in [-0.39, 0.29) is 12.2 Å². The molecule has 0 saturated carbocycles. The first-order valence-corrected chi connectivity index (χ1v) is 4.68. The number of likely N-dealkylation sites (N-methyl/N-ethyl adjacent to an activating group) is 1. The summed E-state index contributed by atoms with van der Waals surface area (Å²) >= 11 is 0. The maximum Gasteiger partial charge on any atom is 0.0664 e. The molecule has 0 amide bonds. The molecule has 0 aromatic rings. The standard InChI is InChI=1S/C9H21NO2/c1-4-9(12)7-10(5-2)6-8(3)11/h8-9,11-12H,4-7H2,1-3H3. The molecule has 2 atom stereocenters. The monoisotopic (exact) mass is 175 g/mol. The minimum absolute atomic E-state index is 0.260. The Morgan fingerprint density at radius 2 is 1.75 bits per heavy atom. The zero-order valence-electron chi connectivity index (χ0n) is 8.32. The first-order chi connectivity index (χ1) is 5.60. The normalized spacial score (nSPS) is 16.5. The summed E-state index contributed by atoms with van der Waals surface area (Å²) in [7, 11) is 0. The Bertz CT molecular complexity index is 107. The van der Waals surface area contributed by atoms with Crippen molar-refractivity contribution in [1.82, 2.24) is 4.90 Å². The third-order valence-corrected chi connectivity index (χ3v) is 1.91. The molecule has 0 spiro atoms. The molecule has 3 heteroatoms. The zero-order chi connectivity index (χ0) is 9.56. The van der Waals surface area contributed by atoms with Crippen LogP contribution in [-0.4, -0.2) is 47.0 Å². The van der Waals surface area contributed by atoms with E-state index in [2.05, 4.69) is 4.90 Å². The molecule has 0 aliphatic carbocycles. The van der Waals surface area contributed by atoms with E-state index in [1.165, 1.54) is 0 Å². The van der Waals surface area contributed by atoms with E-state index >= 15 is 0 Å². The first kappa shape index (κ1) is 11.9. The molecule has 2 N–H and O–H groups in total. The summed E-state index contributed by atoms with van der Waals surface area (Å²) in [5, 5.41) is 18.5. The van der Waals surface area contributed by atoms with Crippen molar-refractivity contribution in [3.63, 3.8) is 0 Å². The lowest BCUT2D eigenvalue weighted by Crippen LogP contribution is -2.36. The van der Waals surface area contributed by atoms with Gasteiger partial charge in [-0.25, -0.2) is 0 Å². The van der Waals surface area contributed by atoms with Gasteiger partial charge in [-0.3, -0.25) is 4.90 Å². The highest BCUT2D eigenvalue weighted by molar-refractivity contribution is 4.64. The number of aliphatic hydroxyl groups excluding tert-OH is 2. The van der Waals surface area contributed by atoms with Crippen molar-refractivity contribution in [3.05, 3.63) is 0 Å². The summed E-state index contributed by atoms with van der Waals surface area (Å²) in [5.41, 5.74) is 0. The SMILES string of the molecule is CCC(O)CN(CC)CC(C)O. The van der Waals surface area contributed by atoms with Crippen LogP contribution in [0.2, 0.25) is 0 Å². The van der Waals surface area contributed by atoms with Gasteiger partial charge in [-0.1, -0.05) is 13.8 Å². The Labute approximate surface area is 75.0 Å². The van der Waals surface area contributed by atoms with Gasteiger partial charge in [-0.2, -0.15) is 0 Å². The molecule has 0 rings (SSSR count). The highest BCUT2D eigenvalue weighted by Crippen LogP contribution is 1.97. The molecule has 0 aliphatic rings. The minimum atomic E-state index is -0.311. The van der Waals surface area contributed by atoms with E-state index in [1.54, 1.807) is 6.92 Å². The quantitative estimate of drug-likeness (QED) is 0.616. The van der Waals surface area contributed by atoms with Gasteiger partial charge in [-0.15, -0.1) is 0 Å². The summed E-state index contributed by atoms with van der Waals surface area (Å²) < 4.78 is 0.